The Morgan fingerprint density at radius 2 is 1.95 bits per heavy atom. The van der Waals surface area contributed by atoms with Crippen molar-refractivity contribution < 1.29 is 18.0 Å². The molecular formula is C14H26F3N3O. The van der Waals surface area contributed by atoms with Crippen molar-refractivity contribution in [2.24, 2.45) is 5.92 Å². The Morgan fingerprint density at radius 1 is 1.33 bits per heavy atom. The lowest BCUT2D eigenvalue weighted by Gasteiger charge is -2.34. The highest BCUT2D eigenvalue weighted by atomic mass is 19.4. The standard InChI is InChI=1S/C14H26F3N3O/c1-11(2)3-8-19-13(21)9-20(10-14(15,16)17)12-4-6-18-7-5-12/h11-12,18H,3-10H2,1-2H3,(H,19,21). The molecule has 1 aliphatic rings. The Bertz CT molecular complexity index is 315. The van der Waals surface area contributed by atoms with Crippen LogP contribution in [-0.4, -0.2) is 55.7 Å². The smallest absolute Gasteiger partial charge is 0.355 e. The molecule has 7 heteroatoms. The van der Waals surface area contributed by atoms with E-state index in [0.29, 0.717) is 38.4 Å². The SMILES string of the molecule is CC(C)CCNC(=O)CN(CC(F)(F)F)C1CCNCC1. The maximum Gasteiger partial charge on any atom is 0.401 e. The van der Waals surface area contributed by atoms with Gasteiger partial charge in [0.1, 0.15) is 0 Å². The summed E-state index contributed by atoms with van der Waals surface area (Å²) < 4.78 is 38.0. The fraction of sp³-hybridized carbons (Fsp3) is 0.929. The first-order valence-electron chi connectivity index (χ1n) is 7.56. The predicted octanol–water partition coefficient (Wildman–Crippen LogP) is 1.76. The molecule has 1 amide bonds. The van der Waals surface area contributed by atoms with Crippen LogP contribution in [0.5, 0.6) is 0 Å². The van der Waals surface area contributed by atoms with Crippen LogP contribution in [0.3, 0.4) is 0 Å². The van der Waals surface area contributed by atoms with Gasteiger partial charge in [-0.05, 0) is 38.3 Å². The summed E-state index contributed by atoms with van der Waals surface area (Å²) in [4.78, 5) is 13.1. The van der Waals surface area contributed by atoms with Gasteiger partial charge in [-0.15, -0.1) is 0 Å². The van der Waals surface area contributed by atoms with Gasteiger partial charge in [-0.1, -0.05) is 13.8 Å². The molecule has 1 saturated heterocycles. The lowest BCUT2D eigenvalue weighted by atomic mass is 10.0. The minimum absolute atomic E-state index is 0.177. The van der Waals surface area contributed by atoms with Gasteiger partial charge < -0.3 is 10.6 Å². The van der Waals surface area contributed by atoms with E-state index >= 15 is 0 Å². The van der Waals surface area contributed by atoms with Gasteiger partial charge in [0, 0.05) is 12.6 Å². The Hall–Kier alpha value is -0.820. The fourth-order valence-electron chi connectivity index (χ4n) is 2.46. The second kappa shape index (κ2) is 8.58. The summed E-state index contributed by atoms with van der Waals surface area (Å²) in [5.74, 6) is 0.138. The van der Waals surface area contributed by atoms with Crippen molar-refractivity contribution in [1.82, 2.24) is 15.5 Å². The van der Waals surface area contributed by atoms with Crippen LogP contribution >= 0.6 is 0 Å². The topological polar surface area (TPSA) is 44.4 Å². The first-order chi connectivity index (χ1) is 9.78. The predicted molar refractivity (Wildman–Crippen MR) is 76.0 cm³/mol. The van der Waals surface area contributed by atoms with Crippen LogP contribution in [0.25, 0.3) is 0 Å². The molecule has 1 fully saturated rings. The minimum Gasteiger partial charge on any atom is -0.355 e. The molecule has 124 valence electrons. The molecule has 0 saturated carbocycles. The van der Waals surface area contributed by atoms with Gasteiger partial charge in [0.25, 0.3) is 0 Å². The van der Waals surface area contributed by atoms with Crippen LogP contribution < -0.4 is 10.6 Å². The number of halogens is 3. The minimum atomic E-state index is -4.27. The normalized spacial score (nSPS) is 17.5. The van der Waals surface area contributed by atoms with Gasteiger partial charge in [-0.3, -0.25) is 9.69 Å². The second-order valence-corrected chi connectivity index (χ2v) is 6.03. The Morgan fingerprint density at radius 3 is 2.48 bits per heavy atom. The molecule has 0 aromatic carbocycles. The summed E-state index contributed by atoms with van der Waals surface area (Å²) in [5.41, 5.74) is 0. The van der Waals surface area contributed by atoms with Crippen LogP contribution in [0.4, 0.5) is 13.2 Å². The van der Waals surface area contributed by atoms with Gasteiger partial charge in [0.15, 0.2) is 0 Å². The van der Waals surface area contributed by atoms with Crippen LogP contribution in [0, 0.1) is 5.92 Å². The highest BCUT2D eigenvalue weighted by molar-refractivity contribution is 5.78. The number of carbonyl (C=O) groups excluding carboxylic acids is 1. The van der Waals surface area contributed by atoms with E-state index < -0.39 is 12.7 Å². The summed E-state index contributed by atoms with van der Waals surface area (Å²) in [7, 11) is 0. The summed E-state index contributed by atoms with van der Waals surface area (Å²) in [6.45, 7) is 4.80. The van der Waals surface area contributed by atoms with Crippen LogP contribution in [0.15, 0.2) is 0 Å². The third-order valence-corrected chi connectivity index (χ3v) is 3.60. The third-order valence-electron chi connectivity index (χ3n) is 3.60. The van der Waals surface area contributed by atoms with Gasteiger partial charge in [0.05, 0.1) is 13.1 Å². The molecule has 0 spiro atoms. The number of hydrogen-bond acceptors (Lipinski definition) is 3. The Labute approximate surface area is 124 Å². The molecule has 0 radical (unpaired) electrons. The third kappa shape index (κ3) is 8.26. The number of nitrogens with one attached hydrogen (secondary N) is 2. The maximum absolute atomic E-state index is 12.7. The zero-order chi connectivity index (χ0) is 15.9. The van der Waals surface area contributed by atoms with E-state index in [-0.39, 0.29) is 18.5 Å². The number of rotatable bonds is 7. The zero-order valence-electron chi connectivity index (χ0n) is 12.8. The number of carbonyl (C=O) groups is 1. The quantitative estimate of drug-likeness (QED) is 0.753. The van der Waals surface area contributed by atoms with E-state index in [1.165, 1.54) is 4.90 Å². The Balaban J connectivity index is 2.49. The summed E-state index contributed by atoms with van der Waals surface area (Å²) in [6.07, 6.45) is -2.15. The van der Waals surface area contributed by atoms with Crippen LogP contribution in [0.2, 0.25) is 0 Å². The van der Waals surface area contributed by atoms with Crippen molar-refractivity contribution in [2.75, 3.05) is 32.7 Å². The van der Waals surface area contributed by atoms with Crippen LogP contribution in [0.1, 0.15) is 33.1 Å². The van der Waals surface area contributed by atoms with Crippen molar-refractivity contribution >= 4 is 5.91 Å². The van der Waals surface area contributed by atoms with E-state index in [2.05, 4.69) is 10.6 Å². The molecule has 0 aliphatic carbocycles. The number of alkyl halides is 3. The fourth-order valence-corrected chi connectivity index (χ4v) is 2.46. The first-order valence-corrected chi connectivity index (χ1v) is 7.56. The molecule has 2 N–H and O–H groups in total. The lowest BCUT2D eigenvalue weighted by Crippen LogP contribution is -2.50. The van der Waals surface area contributed by atoms with Crippen molar-refractivity contribution in [1.29, 1.82) is 0 Å². The first kappa shape index (κ1) is 18.2. The zero-order valence-corrected chi connectivity index (χ0v) is 12.8. The number of piperidine rings is 1. The van der Waals surface area contributed by atoms with E-state index in [0.717, 1.165) is 6.42 Å². The van der Waals surface area contributed by atoms with Gasteiger partial charge in [-0.25, -0.2) is 0 Å². The van der Waals surface area contributed by atoms with Crippen molar-refractivity contribution in [3.63, 3.8) is 0 Å². The van der Waals surface area contributed by atoms with E-state index in [1.54, 1.807) is 0 Å². The van der Waals surface area contributed by atoms with E-state index in [1.807, 2.05) is 13.8 Å². The summed E-state index contributed by atoms with van der Waals surface area (Å²) in [6, 6.07) is -0.177. The number of amides is 1. The average molecular weight is 309 g/mol. The summed E-state index contributed by atoms with van der Waals surface area (Å²) >= 11 is 0. The number of hydrogen-bond donors (Lipinski definition) is 2. The molecule has 1 aliphatic heterocycles. The lowest BCUT2D eigenvalue weighted by molar-refractivity contribution is -0.154. The largest absolute Gasteiger partial charge is 0.401 e. The molecule has 1 heterocycles. The van der Waals surface area contributed by atoms with Crippen molar-refractivity contribution in [3.8, 4) is 0 Å². The average Bonchev–Trinajstić information content (AvgIpc) is 2.37. The monoisotopic (exact) mass is 309 g/mol. The molecule has 0 aromatic heterocycles. The van der Waals surface area contributed by atoms with Gasteiger partial charge >= 0.3 is 6.18 Å². The molecule has 21 heavy (non-hydrogen) atoms. The Kier molecular flexibility index (Phi) is 7.45. The van der Waals surface area contributed by atoms with Crippen molar-refractivity contribution in [2.45, 2.75) is 45.3 Å². The molecule has 0 unspecified atom stereocenters. The van der Waals surface area contributed by atoms with E-state index in [9.17, 15) is 18.0 Å². The van der Waals surface area contributed by atoms with Crippen LogP contribution in [-0.2, 0) is 4.79 Å². The maximum atomic E-state index is 12.7. The molecule has 0 atom stereocenters. The second-order valence-electron chi connectivity index (χ2n) is 6.03. The van der Waals surface area contributed by atoms with E-state index in [4.69, 9.17) is 0 Å². The molecule has 1 rings (SSSR count). The highest BCUT2D eigenvalue weighted by Crippen LogP contribution is 2.21. The highest BCUT2D eigenvalue weighted by Gasteiger charge is 2.35. The van der Waals surface area contributed by atoms with Gasteiger partial charge in [-0.2, -0.15) is 13.2 Å². The summed E-state index contributed by atoms with van der Waals surface area (Å²) in [5, 5.41) is 5.83. The molecule has 4 nitrogen and oxygen atoms in total. The molecule has 0 aromatic rings. The van der Waals surface area contributed by atoms with Crippen molar-refractivity contribution in [3.05, 3.63) is 0 Å². The van der Waals surface area contributed by atoms with Gasteiger partial charge in [0.2, 0.25) is 5.91 Å². The molecule has 0 bridgehead atoms. The molecular weight excluding hydrogens is 283 g/mol. The number of nitrogens with zero attached hydrogens (tertiary/aromatic N) is 1.